The first-order valence-corrected chi connectivity index (χ1v) is 8.74. The number of halogens is 1. The van der Waals surface area contributed by atoms with Crippen molar-refractivity contribution in [2.45, 2.75) is 49.9 Å². The first kappa shape index (κ1) is 18.6. The summed E-state index contributed by atoms with van der Waals surface area (Å²) >= 11 is 1.09. The van der Waals surface area contributed by atoms with Gasteiger partial charge in [0.15, 0.2) is 0 Å². The van der Waals surface area contributed by atoms with Gasteiger partial charge in [0.2, 0.25) is 0 Å². The first-order chi connectivity index (χ1) is 11.3. The van der Waals surface area contributed by atoms with Crippen LogP contribution in [0.1, 0.15) is 34.1 Å². The van der Waals surface area contributed by atoms with Gasteiger partial charge in [-0.15, -0.1) is 11.8 Å². The highest BCUT2D eigenvalue weighted by atomic mass is 32.2. The summed E-state index contributed by atoms with van der Waals surface area (Å²) in [7, 11) is 0. The lowest BCUT2D eigenvalue weighted by Crippen LogP contribution is -2.30. The molecule has 0 N–H and O–H groups in total. The number of hydrogen-bond acceptors (Lipinski definition) is 5. The van der Waals surface area contributed by atoms with E-state index in [2.05, 4.69) is 0 Å². The smallest absolute Gasteiger partial charge is 0.414 e. The van der Waals surface area contributed by atoms with Gasteiger partial charge in [0.1, 0.15) is 16.7 Å². The molecule has 0 aliphatic carbocycles. The zero-order valence-electron chi connectivity index (χ0n) is 14.3. The lowest BCUT2D eigenvalue weighted by Gasteiger charge is -2.22. The van der Waals surface area contributed by atoms with Crippen LogP contribution in [0.4, 0.5) is 14.9 Å². The van der Waals surface area contributed by atoms with E-state index in [9.17, 15) is 14.0 Å². The van der Waals surface area contributed by atoms with E-state index in [-0.39, 0.29) is 12.7 Å². The number of esters is 1. The number of rotatable bonds is 6. The summed E-state index contributed by atoms with van der Waals surface area (Å²) in [6, 6.07) is 4.53. The second kappa shape index (κ2) is 7.42. The molecule has 1 fully saturated rings. The average molecular weight is 355 g/mol. The van der Waals surface area contributed by atoms with Crippen LogP contribution in [0.25, 0.3) is 0 Å². The van der Waals surface area contributed by atoms with Crippen molar-refractivity contribution in [1.29, 1.82) is 0 Å². The molecule has 0 bridgehead atoms. The molecule has 0 saturated carbocycles. The number of nitrogens with zero attached hydrogens (tertiary/aromatic N) is 1. The Morgan fingerprint density at radius 2 is 2.17 bits per heavy atom. The highest BCUT2D eigenvalue weighted by Gasteiger charge is 2.33. The number of hydrogen-bond donors (Lipinski definition) is 0. The maximum absolute atomic E-state index is 14.4. The van der Waals surface area contributed by atoms with E-state index >= 15 is 0 Å². The number of amides is 1. The molecule has 132 valence electrons. The lowest BCUT2D eigenvalue weighted by atomic mass is 10.2. The van der Waals surface area contributed by atoms with Gasteiger partial charge in [-0.2, -0.15) is 0 Å². The monoisotopic (exact) mass is 355 g/mol. The quantitative estimate of drug-likeness (QED) is 0.570. The minimum absolute atomic E-state index is 0.169. The molecule has 1 aliphatic heterocycles. The number of cyclic esters (lactones) is 1. The Bertz CT molecular complexity index is 635. The van der Waals surface area contributed by atoms with Gasteiger partial charge >= 0.3 is 12.1 Å². The number of carbonyl (C=O) groups excluding carboxylic acids is 2. The van der Waals surface area contributed by atoms with Crippen LogP contribution in [0.3, 0.4) is 0 Å². The van der Waals surface area contributed by atoms with Crippen LogP contribution in [0.15, 0.2) is 23.1 Å². The average Bonchev–Trinajstić information content (AvgIpc) is 2.90. The Morgan fingerprint density at radius 1 is 1.46 bits per heavy atom. The van der Waals surface area contributed by atoms with E-state index in [0.29, 0.717) is 23.5 Å². The normalized spacial score (nSPS) is 17.8. The van der Waals surface area contributed by atoms with E-state index in [1.165, 1.54) is 11.0 Å². The third-order valence-corrected chi connectivity index (χ3v) is 4.92. The Morgan fingerprint density at radius 3 is 2.71 bits per heavy atom. The van der Waals surface area contributed by atoms with Crippen LogP contribution in [0, 0.1) is 5.82 Å². The predicted octanol–water partition coefficient (Wildman–Crippen LogP) is 3.99. The van der Waals surface area contributed by atoms with Crippen molar-refractivity contribution in [1.82, 2.24) is 0 Å². The Hall–Kier alpha value is -1.76. The number of carbonyl (C=O) groups is 2. The van der Waals surface area contributed by atoms with Gasteiger partial charge in [0, 0.05) is 4.90 Å². The van der Waals surface area contributed by atoms with Gasteiger partial charge in [0.05, 0.1) is 18.8 Å². The van der Waals surface area contributed by atoms with E-state index < -0.39 is 22.6 Å². The first-order valence-electron chi connectivity index (χ1n) is 7.92. The SMILES string of the molecule is CCOC(=O)C(C)(C)Sc1ccc(N2C[C@H](CC)OC2=O)cc1F. The molecule has 1 amide bonds. The zero-order chi connectivity index (χ0) is 17.9. The predicted molar refractivity (Wildman–Crippen MR) is 90.9 cm³/mol. The highest BCUT2D eigenvalue weighted by molar-refractivity contribution is 8.01. The van der Waals surface area contributed by atoms with Crippen molar-refractivity contribution in [2.24, 2.45) is 0 Å². The van der Waals surface area contributed by atoms with Crippen LogP contribution < -0.4 is 4.90 Å². The van der Waals surface area contributed by atoms with Crippen LogP contribution >= 0.6 is 11.8 Å². The third kappa shape index (κ3) is 4.01. The van der Waals surface area contributed by atoms with Gasteiger partial charge in [-0.05, 0) is 45.4 Å². The Labute approximate surface area is 145 Å². The molecule has 0 radical (unpaired) electrons. The second-order valence-corrected chi connectivity index (χ2v) is 7.64. The van der Waals surface area contributed by atoms with Crippen molar-refractivity contribution in [3.05, 3.63) is 24.0 Å². The summed E-state index contributed by atoms with van der Waals surface area (Å²) in [5, 5.41) is 0. The molecule has 1 saturated heterocycles. The van der Waals surface area contributed by atoms with Crippen LogP contribution in [0.5, 0.6) is 0 Å². The molecule has 2 rings (SSSR count). The molecular formula is C17H22FNO4S. The molecule has 1 heterocycles. The van der Waals surface area contributed by atoms with Crippen LogP contribution in [-0.4, -0.2) is 36.1 Å². The van der Waals surface area contributed by atoms with Crippen molar-refractivity contribution in [3.63, 3.8) is 0 Å². The molecule has 24 heavy (non-hydrogen) atoms. The molecule has 7 heteroatoms. The van der Waals surface area contributed by atoms with Crippen LogP contribution in [0.2, 0.25) is 0 Å². The van der Waals surface area contributed by atoms with E-state index in [1.807, 2.05) is 6.92 Å². The molecular weight excluding hydrogens is 333 g/mol. The van der Waals surface area contributed by atoms with E-state index in [0.717, 1.165) is 11.8 Å². The minimum Gasteiger partial charge on any atom is -0.465 e. The number of ether oxygens (including phenoxy) is 2. The van der Waals surface area contributed by atoms with Crippen LogP contribution in [-0.2, 0) is 14.3 Å². The molecule has 1 aromatic carbocycles. The summed E-state index contributed by atoms with van der Waals surface area (Å²) in [5.74, 6) is -0.880. The fraction of sp³-hybridized carbons (Fsp3) is 0.529. The van der Waals surface area contributed by atoms with E-state index in [1.54, 1.807) is 32.9 Å². The molecule has 0 aromatic heterocycles. The van der Waals surface area contributed by atoms with Crippen molar-refractivity contribution in [3.8, 4) is 0 Å². The molecule has 1 aromatic rings. The standard InChI is InChI=1S/C17H22FNO4S/c1-5-12-10-19(16(21)23-12)11-7-8-14(13(18)9-11)24-17(3,4)15(20)22-6-2/h7-9,12H,5-6,10H2,1-4H3/t12-/m0/s1. The summed E-state index contributed by atoms with van der Waals surface area (Å²) < 4.78 is 23.7. The maximum Gasteiger partial charge on any atom is 0.414 e. The molecule has 1 atom stereocenters. The molecule has 0 spiro atoms. The maximum atomic E-state index is 14.4. The Kier molecular flexibility index (Phi) is 5.74. The number of benzene rings is 1. The van der Waals surface area contributed by atoms with Crippen molar-refractivity contribution < 1.29 is 23.5 Å². The summed E-state index contributed by atoms with van der Waals surface area (Å²) in [6.07, 6.45) is 0.0812. The molecule has 5 nitrogen and oxygen atoms in total. The topological polar surface area (TPSA) is 55.8 Å². The number of thioether (sulfide) groups is 1. The van der Waals surface area contributed by atoms with Gasteiger partial charge in [-0.3, -0.25) is 9.69 Å². The fourth-order valence-electron chi connectivity index (χ4n) is 2.31. The van der Waals surface area contributed by atoms with Gasteiger partial charge < -0.3 is 9.47 Å². The molecule has 0 unspecified atom stereocenters. The van der Waals surface area contributed by atoms with Gasteiger partial charge in [0.25, 0.3) is 0 Å². The fourth-order valence-corrected chi connectivity index (χ4v) is 3.29. The largest absolute Gasteiger partial charge is 0.465 e. The number of anilines is 1. The van der Waals surface area contributed by atoms with E-state index in [4.69, 9.17) is 9.47 Å². The molecule has 1 aliphatic rings. The van der Waals surface area contributed by atoms with Gasteiger partial charge in [-0.1, -0.05) is 6.92 Å². The summed E-state index contributed by atoms with van der Waals surface area (Å²) in [6.45, 7) is 7.72. The highest BCUT2D eigenvalue weighted by Crippen LogP contribution is 2.37. The third-order valence-electron chi connectivity index (χ3n) is 3.69. The summed E-state index contributed by atoms with van der Waals surface area (Å²) in [4.78, 5) is 25.5. The Balaban J connectivity index is 2.16. The second-order valence-electron chi connectivity index (χ2n) is 5.97. The lowest BCUT2D eigenvalue weighted by molar-refractivity contribution is -0.145. The van der Waals surface area contributed by atoms with Crippen molar-refractivity contribution >= 4 is 29.5 Å². The van der Waals surface area contributed by atoms with Gasteiger partial charge in [-0.25, -0.2) is 9.18 Å². The van der Waals surface area contributed by atoms with Crippen molar-refractivity contribution in [2.75, 3.05) is 18.1 Å². The summed E-state index contributed by atoms with van der Waals surface area (Å²) in [5.41, 5.74) is 0.451. The minimum atomic E-state index is -0.905. The zero-order valence-corrected chi connectivity index (χ0v) is 15.1.